The van der Waals surface area contributed by atoms with Crippen LogP contribution in [0.15, 0.2) is 36.4 Å². The highest BCUT2D eigenvalue weighted by atomic mass is 19.4. The summed E-state index contributed by atoms with van der Waals surface area (Å²) < 4.78 is 120. The van der Waals surface area contributed by atoms with Crippen LogP contribution in [0.4, 0.5) is 50.0 Å². The first-order chi connectivity index (χ1) is 15.9. The molecular formula is C22H19F9N2O2. The molecule has 0 spiro atoms. The van der Waals surface area contributed by atoms with Gasteiger partial charge in [0.1, 0.15) is 0 Å². The van der Waals surface area contributed by atoms with Gasteiger partial charge in [0, 0.05) is 18.0 Å². The molecule has 0 saturated heterocycles. The van der Waals surface area contributed by atoms with Gasteiger partial charge in [-0.3, -0.25) is 4.90 Å². The average Bonchev–Trinajstić information content (AvgIpc) is 2.74. The van der Waals surface area contributed by atoms with E-state index in [2.05, 4.69) is 0 Å². The quantitative estimate of drug-likeness (QED) is 0.426. The Bertz CT molecular complexity index is 1080. The number of benzene rings is 2. The van der Waals surface area contributed by atoms with Gasteiger partial charge in [0.25, 0.3) is 0 Å². The third kappa shape index (κ3) is 5.34. The number of hydrogen-bond acceptors (Lipinski definition) is 2. The summed E-state index contributed by atoms with van der Waals surface area (Å²) in [7, 11) is 0. The summed E-state index contributed by atoms with van der Waals surface area (Å²) in [6, 6.07) is 0.581. The Morgan fingerprint density at radius 3 is 1.89 bits per heavy atom. The SMILES string of the molecule is CCC1CC(C(N)c2cc(C(F)(F)F)cc(C(F)(F)F)c2)c2cc(C(F)(F)F)ccc2N1C(=O)O. The van der Waals surface area contributed by atoms with Crippen molar-refractivity contribution in [3.05, 3.63) is 64.2 Å². The molecule has 0 radical (unpaired) electrons. The molecule has 2 aromatic rings. The minimum Gasteiger partial charge on any atom is -0.465 e. The molecule has 4 nitrogen and oxygen atoms in total. The van der Waals surface area contributed by atoms with Crippen molar-refractivity contribution in [2.75, 3.05) is 4.90 Å². The minimum atomic E-state index is -5.14. The van der Waals surface area contributed by atoms with Crippen LogP contribution in [0.1, 0.15) is 59.5 Å². The number of carboxylic acid groups (broad SMARTS) is 1. The van der Waals surface area contributed by atoms with Crippen molar-refractivity contribution in [2.45, 2.75) is 56.3 Å². The number of nitrogens with two attached hydrogens (primary N) is 1. The van der Waals surface area contributed by atoms with Crippen molar-refractivity contribution in [1.82, 2.24) is 0 Å². The number of fused-ring (bicyclic) bond motifs is 1. The van der Waals surface area contributed by atoms with Gasteiger partial charge in [-0.2, -0.15) is 39.5 Å². The predicted molar refractivity (Wildman–Crippen MR) is 107 cm³/mol. The highest BCUT2D eigenvalue weighted by Gasteiger charge is 2.42. The maximum atomic E-state index is 13.4. The van der Waals surface area contributed by atoms with E-state index in [0.717, 1.165) is 11.0 Å². The van der Waals surface area contributed by atoms with Crippen LogP contribution < -0.4 is 10.6 Å². The third-order valence-corrected chi connectivity index (χ3v) is 6.01. The summed E-state index contributed by atoms with van der Waals surface area (Å²) in [4.78, 5) is 12.7. The number of rotatable bonds is 3. The molecule has 1 heterocycles. The van der Waals surface area contributed by atoms with Crippen LogP contribution in [0.5, 0.6) is 0 Å². The summed E-state index contributed by atoms with van der Waals surface area (Å²) in [5, 5.41) is 9.63. The van der Waals surface area contributed by atoms with Crippen molar-refractivity contribution >= 4 is 11.8 Å². The third-order valence-electron chi connectivity index (χ3n) is 6.01. The first-order valence-electron chi connectivity index (χ1n) is 10.2. The Kier molecular flexibility index (Phi) is 6.79. The first-order valence-corrected chi connectivity index (χ1v) is 10.2. The maximum Gasteiger partial charge on any atom is 0.416 e. The number of anilines is 1. The van der Waals surface area contributed by atoms with E-state index in [-0.39, 0.29) is 30.2 Å². The molecule has 0 aromatic heterocycles. The molecule has 3 N–H and O–H groups in total. The number of alkyl halides is 9. The van der Waals surface area contributed by atoms with Crippen molar-refractivity contribution < 1.29 is 49.4 Å². The molecule has 0 aliphatic carbocycles. The number of halogens is 9. The summed E-state index contributed by atoms with van der Waals surface area (Å²) in [6.07, 6.45) is -16.6. The maximum absolute atomic E-state index is 13.4. The number of nitrogens with zero attached hydrogens (tertiary/aromatic N) is 1. The summed E-state index contributed by atoms with van der Waals surface area (Å²) >= 11 is 0. The zero-order valence-corrected chi connectivity index (χ0v) is 17.9. The van der Waals surface area contributed by atoms with E-state index in [1.807, 2.05) is 0 Å². The van der Waals surface area contributed by atoms with E-state index >= 15 is 0 Å². The van der Waals surface area contributed by atoms with Gasteiger partial charge in [-0.1, -0.05) is 6.92 Å². The van der Waals surface area contributed by atoms with Crippen LogP contribution in [-0.4, -0.2) is 17.2 Å². The van der Waals surface area contributed by atoms with Gasteiger partial charge >= 0.3 is 24.6 Å². The summed E-state index contributed by atoms with van der Waals surface area (Å²) in [5.41, 5.74) is 0.763. The van der Waals surface area contributed by atoms with Crippen LogP contribution in [0.2, 0.25) is 0 Å². The monoisotopic (exact) mass is 514 g/mol. The molecule has 192 valence electrons. The number of amides is 1. The molecule has 1 amide bonds. The molecule has 0 fully saturated rings. The van der Waals surface area contributed by atoms with E-state index in [1.165, 1.54) is 0 Å². The lowest BCUT2D eigenvalue weighted by molar-refractivity contribution is -0.143. The Balaban J connectivity index is 2.22. The molecule has 35 heavy (non-hydrogen) atoms. The van der Waals surface area contributed by atoms with Crippen LogP contribution in [0.25, 0.3) is 0 Å². The Hall–Kier alpha value is -2.96. The first kappa shape index (κ1) is 26.6. The molecule has 2 aromatic carbocycles. The molecular weight excluding hydrogens is 495 g/mol. The topological polar surface area (TPSA) is 66.6 Å². The zero-order chi connectivity index (χ0) is 26.5. The lowest BCUT2D eigenvalue weighted by Crippen LogP contribution is -2.45. The standard InChI is InChI=1S/C22H19F9N2O2/c1-2-14-9-16(15-8-11(20(23,24)25)3-4-17(15)33(14)19(34)35)18(32)10-5-12(21(26,27)28)7-13(6-10)22(29,30)31/h3-8,14,16,18H,2,9,32H2,1H3,(H,34,35). The van der Waals surface area contributed by atoms with Crippen LogP contribution in [0.3, 0.4) is 0 Å². The highest BCUT2D eigenvalue weighted by molar-refractivity contribution is 5.89. The lowest BCUT2D eigenvalue weighted by atomic mass is 9.77. The smallest absolute Gasteiger partial charge is 0.416 e. The molecule has 3 unspecified atom stereocenters. The second-order valence-electron chi connectivity index (χ2n) is 8.19. The van der Waals surface area contributed by atoms with Gasteiger partial charge < -0.3 is 10.8 Å². The van der Waals surface area contributed by atoms with Gasteiger partial charge in [-0.25, -0.2) is 4.79 Å². The normalized spacial score (nSPS) is 19.9. The van der Waals surface area contributed by atoms with Gasteiger partial charge in [0.2, 0.25) is 0 Å². The largest absolute Gasteiger partial charge is 0.465 e. The fourth-order valence-corrected chi connectivity index (χ4v) is 4.32. The molecule has 13 heteroatoms. The lowest BCUT2D eigenvalue weighted by Gasteiger charge is -2.41. The fourth-order valence-electron chi connectivity index (χ4n) is 4.32. The number of carbonyl (C=O) groups is 1. The number of hydrogen-bond donors (Lipinski definition) is 2. The van der Waals surface area contributed by atoms with Crippen molar-refractivity contribution in [3.63, 3.8) is 0 Å². The van der Waals surface area contributed by atoms with Gasteiger partial charge in [-0.15, -0.1) is 0 Å². The predicted octanol–water partition coefficient (Wildman–Crippen LogP) is 7.19. The summed E-state index contributed by atoms with van der Waals surface area (Å²) in [5.74, 6) is -1.20. The van der Waals surface area contributed by atoms with E-state index in [4.69, 9.17) is 5.73 Å². The Morgan fingerprint density at radius 2 is 1.46 bits per heavy atom. The second kappa shape index (κ2) is 8.92. The summed E-state index contributed by atoms with van der Waals surface area (Å²) in [6.45, 7) is 1.59. The van der Waals surface area contributed by atoms with E-state index in [1.54, 1.807) is 6.92 Å². The molecule has 1 aliphatic heterocycles. The van der Waals surface area contributed by atoms with Crippen LogP contribution in [0, 0.1) is 0 Å². The minimum absolute atomic E-state index is 0.0756. The van der Waals surface area contributed by atoms with Crippen molar-refractivity contribution in [3.8, 4) is 0 Å². The molecule has 0 bridgehead atoms. The average molecular weight is 514 g/mol. The fraction of sp³-hybridized carbons (Fsp3) is 0.409. The van der Waals surface area contributed by atoms with E-state index < -0.39 is 64.9 Å². The molecule has 3 atom stereocenters. The van der Waals surface area contributed by atoms with Crippen molar-refractivity contribution in [1.29, 1.82) is 0 Å². The van der Waals surface area contributed by atoms with E-state index in [9.17, 15) is 49.4 Å². The molecule has 0 saturated carbocycles. The molecule has 3 rings (SSSR count). The Labute approximate surface area is 193 Å². The Morgan fingerprint density at radius 1 is 0.943 bits per heavy atom. The van der Waals surface area contributed by atoms with Gasteiger partial charge in [0.05, 0.1) is 22.4 Å². The molecule has 1 aliphatic rings. The van der Waals surface area contributed by atoms with Crippen LogP contribution in [-0.2, 0) is 18.5 Å². The zero-order valence-electron chi connectivity index (χ0n) is 17.9. The van der Waals surface area contributed by atoms with Gasteiger partial charge in [-0.05, 0) is 60.4 Å². The second-order valence-corrected chi connectivity index (χ2v) is 8.19. The van der Waals surface area contributed by atoms with Crippen molar-refractivity contribution in [2.24, 2.45) is 5.73 Å². The van der Waals surface area contributed by atoms with Gasteiger partial charge in [0.15, 0.2) is 0 Å². The van der Waals surface area contributed by atoms with E-state index in [0.29, 0.717) is 24.3 Å². The van der Waals surface area contributed by atoms with Crippen LogP contribution >= 0.6 is 0 Å². The highest BCUT2D eigenvalue weighted by Crippen LogP contribution is 2.48.